The van der Waals surface area contributed by atoms with Crippen LogP contribution >= 0.6 is 0 Å². The number of ether oxygens (including phenoxy) is 1. The van der Waals surface area contributed by atoms with Crippen molar-refractivity contribution in [3.8, 4) is 5.75 Å². The average Bonchev–Trinajstić information content (AvgIpc) is 3.44. The van der Waals surface area contributed by atoms with Crippen LogP contribution in [0.3, 0.4) is 0 Å². The third-order valence-electron chi connectivity index (χ3n) is 4.54. The Balaban J connectivity index is 1.39. The van der Waals surface area contributed by atoms with Gasteiger partial charge < -0.3 is 14.5 Å². The Bertz CT molecular complexity index is 1060. The lowest BCUT2D eigenvalue weighted by molar-refractivity contribution is 0.0919. The maximum absolute atomic E-state index is 12.7. The molecule has 0 saturated carbocycles. The van der Waals surface area contributed by atoms with Crippen molar-refractivity contribution >= 4 is 5.91 Å². The predicted octanol–water partition coefficient (Wildman–Crippen LogP) is 4.03. The van der Waals surface area contributed by atoms with E-state index in [0.29, 0.717) is 18.7 Å². The molecule has 0 bridgehead atoms. The van der Waals surface area contributed by atoms with E-state index in [1.165, 1.54) is 6.26 Å². The topological polar surface area (TPSA) is 69.3 Å². The second-order valence-electron chi connectivity index (χ2n) is 6.53. The molecule has 4 aromatic rings. The molecule has 6 nitrogen and oxygen atoms in total. The SMILES string of the molecule is O=C(NCc1ccccc1Cn1cccn1)c1occc1COc1ccccc1. The number of aromatic nitrogens is 2. The van der Waals surface area contributed by atoms with Crippen LogP contribution < -0.4 is 10.1 Å². The molecule has 0 fully saturated rings. The van der Waals surface area contributed by atoms with E-state index >= 15 is 0 Å². The van der Waals surface area contributed by atoms with Gasteiger partial charge in [0.15, 0.2) is 5.76 Å². The highest BCUT2D eigenvalue weighted by Gasteiger charge is 2.16. The number of nitrogens with zero attached hydrogens (tertiary/aromatic N) is 2. The zero-order valence-electron chi connectivity index (χ0n) is 15.8. The van der Waals surface area contributed by atoms with Crippen molar-refractivity contribution in [2.24, 2.45) is 0 Å². The first-order chi connectivity index (χ1) is 14.3. The third kappa shape index (κ3) is 4.73. The molecule has 0 unspecified atom stereocenters. The van der Waals surface area contributed by atoms with Crippen molar-refractivity contribution in [1.82, 2.24) is 15.1 Å². The first kappa shape index (κ1) is 18.6. The fourth-order valence-corrected chi connectivity index (χ4v) is 3.03. The van der Waals surface area contributed by atoms with E-state index in [2.05, 4.69) is 10.4 Å². The summed E-state index contributed by atoms with van der Waals surface area (Å²) < 4.78 is 13.0. The van der Waals surface area contributed by atoms with Gasteiger partial charge in [0, 0.05) is 24.5 Å². The Morgan fingerprint density at radius 3 is 2.55 bits per heavy atom. The summed E-state index contributed by atoms with van der Waals surface area (Å²) in [4.78, 5) is 12.7. The molecule has 2 aromatic heterocycles. The van der Waals surface area contributed by atoms with E-state index in [1.54, 1.807) is 12.3 Å². The van der Waals surface area contributed by atoms with Gasteiger partial charge in [-0.3, -0.25) is 9.48 Å². The molecule has 0 aliphatic rings. The summed E-state index contributed by atoms with van der Waals surface area (Å²) in [6, 6.07) is 21.1. The minimum atomic E-state index is -0.268. The van der Waals surface area contributed by atoms with Crippen molar-refractivity contribution < 1.29 is 13.9 Å². The minimum Gasteiger partial charge on any atom is -0.489 e. The largest absolute Gasteiger partial charge is 0.489 e. The van der Waals surface area contributed by atoms with Crippen LogP contribution in [0.15, 0.2) is 89.8 Å². The molecule has 1 N–H and O–H groups in total. The zero-order valence-corrected chi connectivity index (χ0v) is 15.8. The summed E-state index contributed by atoms with van der Waals surface area (Å²) in [7, 11) is 0. The van der Waals surface area contributed by atoms with Crippen molar-refractivity contribution in [2.45, 2.75) is 19.7 Å². The molecule has 0 atom stereocenters. The molecule has 2 heterocycles. The lowest BCUT2D eigenvalue weighted by Crippen LogP contribution is -2.24. The average molecular weight is 387 g/mol. The van der Waals surface area contributed by atoms with Crippen LogP contribution in [-0.4, -0.2) is 15.7 Å². The summed E-state index contributed by atoms with van der Waals surface area (Å²) in [5, 5.41) is 7.19. The number of para-hydroxylation sites is 1. The first-order valence-corrected chi connectivity index (χ1v) is 9.36. The smallest absolute Gasteiger partial charge is 0.287 e. The van der Waals surface area contributed by atoms with Gasteiger partial charge in [-0.25, -0.2) is 0 Å². The van der Waals surface area contributed by atoms with Crippen LogP contribution in [0.1, 0.15) is 27.2 Å². The standard InChI is InChI=1S/C23H21N3O3/c27-23(22-20(11-14-28-22)17-29-21-9-2-1-3-10-21)24-15-18-7-4-5-8-19(18)16-26-13-6-12-25-26/h1-14H,15-17H2,(H,24,27). The van der Waals surface area contributed by atoms with Crippen LogP contribution in [0.2, 0.25) is 0 Å². The highest BCUT2D eigenvalue weighted by atomic mass is 16.5. The number of carbonyl (C=O) groups is 1. The third-order valence-corrected chi connectivity index (χ3v) is 4.54. The van der Waals surface area contributed by atoms with Gasteiger partial charge in [-0.15, -0.1) is 0 Å². The van der Waals surface area contributed by atoms with Gasteiger partial charge in [0.25, 0.3) is 5.91 Å². The van der Waals surface area contributed by atoms with Crippen molar-refractivity contribution in [3.05, 3.63) is 108 Å². The van der Waals surface area contributed by atoms with E-state index in [4.69, 9.17) is 9.15 Å². The molecular formula is C23H21N3O3. The molecule has 0 radical (unpaired) electrons. The first-order valence-electron chi connectivity index (χ1n) is 9.36. The van der Waals surface area contributed by atoms with Gasteiger partial charge in [0.2, 0.25) is 0 Å². The molecule has 0 saturated heterocycles. The van der Waals surface area contributed by atoms with Crippen molar-refractivity contribution in [1.29, 1.82) is 0 Å². The normalized spacial score (nSPS) is 10.6. The van der Waals surface area contributed by atoms with E-state index in [-0.39, 0.29) is 18.3 Å². The zero-order chi connectivity index (χ0) is 19.9. The molecular weight excluding hydrogens is 366 g/mol. The fourth-order valence-electron chi connectivity index (χ4n) is 3.03. The van der Waals surface area contributed by atoms with E-state index in [1.807, 2.05) is 71.5 Å². The van der Waals surface area contributed by atoms with Crippen LogP contribution in [0.25, 0.3) is 0 Å². The van der Waals surface area contributed by atoms with E-state index < -0.39 is 0 Å². The number of hydrogen-bond donors (Lipinski definition) is 1. The highest BCUT2D eigenvalue weighted by molar-refractivity contribution is 5.92. The van der Waals surface area contributed by atoms with Crippen molar-refractivity contribution in [3.63, 3.8) is 0 Å². The van der Waals surface area contributed by atoms with Gasteiger partial charge in [0.1, 0.15) is 12.4 Å². The molecule has 29 heavy (non-hydrogen) atoms. The molecule has 6 heteroatoms. The van der Waals surface area contributed by atoms with Gasteiger partial charge in [-0.05, 0) is 35.4 Å². The number of hydrogen-bond acceptors (Lipinski definition) is 4. The molecule has 4 rings (SSSR count). The van der Waals surface area contributed by atoms with Crippen LogP contribution in [0.4, 0.5) is 0 Å². The number of rotatable bonds is 8. The number of amides is 1. The monoisotopic (exact) mass is 387 g/mol. The minimum absolute atomic E-state index is 0.263. The highest BCUT2D eigenvalue weighted by Crippen LogP contribution is 2.16. The van der Waals surface area contributed by atoms with Crippen molar-refractivity contribution in [2.75, 3.05) is 0 Å². The fraction of sp³-hybridized carbons (Fsp3) is 0.130. The maximum Gasteiger partial charge on any atom is 0.287 e. The summed E-state index contributed by atoms with van der Waals surface area (Å²) in [5.41, 5.74) is 2.84. The number of nitrogens with one attached hydrogen (secondary N) is 1. The summed E-state index contributed by atoms with van der Waals surface area (Å²) in [6.45, 7) is 1.31. The van der Waals surface area contributed by atoms with Gasteiger partial charge in [0.05, 0.1) is 12.8 Å². The molecule has 0 spiro atoms. The second-order valence-corrected chi connectivity index (χ2v) is 6.53. The summed E-state index contributed by atoms with van der Waals surface area (Å²) in [6.07, 6.45) is 5.17. The maximum atomic E-state index is 12.7. The number of furan rings is 1. The summed E-state index contributed by atoms with van der Waals surface area (Å²) in [5.74, 6) is 0.744. The van der Waals surface area contributed by atoms with Crippen LogP contribution in [-0.2, 0) is 19.7 Å². The Labute approximate surface area is 168 Å². The lowest BCUT2D eigenvalue weighted by atomic mass is 10.1. The number of carbonyl (C=O) groups excluding carboxylic acids is 1. The Hall–Kier alpha value is -3.80. The second kappa shape index (κ2) is 8.93. The quantitative estimate of drug-likeness (QED) is 0.496. The molecule has 0 aliphatic heterocycles. The molecule has 2 aromatic carbocycles. The Morgan fingerprint density at radius 1 is 0.966 bits per heavy atom. The predicted molar refractivity (Wildman–Crippen MR) is 108 cm³/mol. The van der Waals surface area contributed by atoms with Gasteiger partial charge in [-0.2, -0.15) is 5.10 Å². The molecule has 0 aliphatic carbocycles. The van der Waals surface area contributed by atoms with E-state index in [9.17, 15) is 4.79 Å². The summed E-state index contributed by atoms with van der Waals surface area (Å²) >= 11 is 0. The lowest BCUT2D eigenvalue weighted by Gasteiger charge is -2.11. The molecule has 146 valence electrons. The number of benzene rings is 2. The van der Waals surface area contributed by atoms with Crippen LogP contribution in [0.5, 0.6) is 5.75 Å². The van der Waals surface area contributed by atoms with Gasteiger partial charge in [-0.1, -0.05) is 42.5 Å². The van der Waals surface area contributed by atoms with Gasteiger partial charge >= 0.3 is 0 Å². The van der Waals surface area contributed by atoms with Crippen LogP contribution in [0, 0.1) is 0 Å². The Kier molecular flexibility index (Phi) is 5.71. The van der Waals surface area contributed by atoms with E-state index in [0.717, 1.165) is 16.9 Å². The molecule has 1 amide bonds. The Morgan fingerprint density at radius 2 is 1.76 bits per heavy atom.